The van der Waals surface area contributed by atoms with Crippen LogP contribution < -0.4 is 0 Å². The lowest BCUT2D eigenvalue weighted by Gasteiger charge is -2.27. The highest BCUT2D eigenvalue weighted by atomic mass is 16.5. The Morgan fingerprint density at radius 1 is 1.15 bits per heavy atom. The van der Waals surface area contributed by atoms with Gasteiger partial charge in [-0.1, -0.05) is 30.3 Å². The van der Waals surface area contributed by atoms with Gasteiger partial charge in [-0.25, -0.2) is 0 Å². The SMILES string of the molecule is CC(C(=O)N1CCCOCC(=O)N(CC(=O)O)CCC1)c1ccccc1. The van der Waals surface area contributed by atoms with Crippen molar-refractivity contribution in [3.05, 3.63) is 35.9 Å². The summed E-state index contributed by atoms with van der Waals surface area (Å²) in [6.07, 6.45) is 1.17. The van der Waals surface area contributed by atoms with Crippen molar-refractivity contribution in [2.75, 3.05) is 39.4 Å². The van der Waals surface area contributed by atoms with Gasteiger partial charge >= 0.3 is 5.97 Å². The van der Waals surface area contributed by atoms with Crippen LogP contribution in [0.4, 0.5) is 0 Å². The maximum atomic E-state index is 12.9. The summed E-state index contributed by atoms with van der Waals surface area (Å²) in [4.78, 5) is 38.9. The molecule has 0 bridgehead atoms. The smallest absolute Gasteiger partial charge is 0.323 e. The molecule has 2 amide bonds. The standard InChI is InChI=1S/C19H26N2O5/c1-15(16-7-3-2-4-8-16)19(25)20-9-5-10-21(13-18(23)24)17(22)14-26-12-6-11-20/h2-4,7-8,15H,5-6,9-14H2,1H3,(H,23,24). The number of aliphatic carboxylic acids is 1. The van der Waals surface area contributed by atoms with Crippen LogP contribution in [0.1, 0.15) is 31.2 Å². The molecule has 1 unspecified atom stereocenters. The Kier molecular flexibility index (Phi) is 7.59. The molecule has 0 saturated carbocycles. The maximum absolute atomic E-state index is 12.9. The van der Waals surface area contributed by atoms with Crippen LogP contribution in [0.25, 0.3) is 0 Å². The topological polar surface area (TPSA) is 87.2 Å². The van der Waals surface area contributed by atoms with Crippen LogP contribution in [0.5, 0.6) is 0 Å². The molecule has 0 spiro atoms. The predicted molar refractivity (Wildman–Crippen MR) is 95.7 cm³/mol. The lowest BCUT2D eigenvalue weighted by atomic mass is 9.99. The van der Waals surface area contributed by atoms with Gasteiger partial charge in [0.2, 0.25) is 11.8 Å². The number of carbonyl (C=O) groups is 3. The first-order chi connectivity index (χ1) is 12.5. The van der Waals surface area contributed by atoms with E-state index in [0.29, 0.717) is 32.5 Å². The third-order valence-corrected chi connectivity index (χ3v) is 4.46. The summed E-state index contributed by atoms with van der Waals surface area (Å²) in [5.74, 6) is -1.60. The number of rotatable bonds is 4. The summed E-state index contributed by atoms with van der Waals surface area (Å²) in [7, 11) is 0. The van der Waals surface area contributed by atoms with Gasteiger partial charge in [-0.3, -0.25) is 14.4 Å². The van der Waals surface area contributed by atoms with Crippen LogP contribution in [0.2, 0.25) is 0 Å². The van der Waals surface area contributed by atoms with E-state index >= 15 is 0 Å². The number of amides is 2. The number of carboxylic acid groups (broad SMARTS) is 1. The van der Waals surface area contributed by atoms with Gasteiger partial charge in [-0.2, -0.15) is 0 Å². The number of nitrogens with zero attached hydrogens (tertiary/aromatic N) is 2. The first kappa shape index (κ1) is 19.9. The molecule has 7 heteroatoms. The van der Waals surface area contributed by atoms with Crippen LogP contribution >= 0.6 is 0 Å². The van der Waals surface area contributed by atoms with Crippen LogP contribution in [-0.2, 0) is 19.1 Å². The largest absolute Gasteiger partial charge is 0.480 e. The second kappa shape index (κ2) is 9.91. The summed E-state index contributed by atoms with van der Waals surface area (Å²) in [6, 6.07) is 9.61. The van der Waals surface area contributed by atoms with Crippen molar-refractivity contribution < 1.29 is 24.2 Å². The molecule has 1 fully saturated rings. The Morgan fingerprint density at radius 3 is 2.54 bits per heavy atom. The molecule has 26 heavy (non-hydrogen) atoms. The number of benzene rings is 1. The minimum Gasteiger partial charge on any atom is -0.480 e. The van der Waals surface area contributed by atoms with Crippen molar-refractivity contribution >= 4 is 17.8 Å². The van der Waals surface area contributed by atoms with E-state index in [1.54, 1.807) is 4.90 Å². The Labute approximate surface area is 153 Å². The van der Waals surface area contributed by atoms with Crippen LogP contribution in [0, 0.1) is 0 Å². The van der Waals surface area contributed by atoms with E-state index in [-0.39, 0.29) is 37.4 Å². The van der Waals surface area contributed by atoms with Crippen LogP contribution in [0.15, 0.2) is 30.3 Å². The number of carboxylic acids is 1. The van der Waals surface area contributed by atoms with Gasteiger partial charge in [0.1, 0.15) is 13.2 Å². The summed E-state index contributed by atoms with van der Waals surface area (Å²) in [6.45, 7) is 3.11. The van der Waals surface area contributed by atoms with Gasteiger partial charge in [-0.05, 0) is 25.3 Å². The molecule has 2 rings (SSSR count). The minimum absolute atomic E-state index is 0.0339. The molecule has 7 nitrogen and oxygen atoms in total. The maximum Gasteiger partial charge on any atom is 0.323 e. The number of hydrogen-bond donors (Lipinski definition) is 1. The second-order valence-corrected chi connectivity index (χ2v) is 6.43. The molecule has 1 saturated heterocycles. The third kappa shape index (κ3) is 5.84. The predicted octanol–water partition coefficient (Wildman–Crippen LogP) is 1.34. The highest BCUT2D eigenvalue weighted by Crippen LogP contribution is 2.18. The van der Waals surface area contributed by atoms with E-state index in [1.807, 2.05) is 37.3 Å². The Morgan fingerprint density at radius 2 is 1.85 bits per heavy atom. The number of hydrogen-bond acceptors (Lipinski definition) is 4. The minimum atomic E-state index is -1.06. The average molecular weight is 362 g/mol. The van der Waals surface area contributed by atoms with E-state index in [1.165, 1.54) is 4.90 Å². The molecule has 142 valence electrons. The lowest BCUT2D eigenvalue weighted by Crippen LogP contribution is -2.40. The number of carbonyl (C=O) groups excluding carboxylic acids is 2. The quantitative estimate of drug-likeness (QED) is 0.873. The van der Waals surface area contributed by atoms with Crippen LogP contribution in [0.3, 0.4) is 0 Å². The van der Waals surface area contributed by atoms with E-state index in [9.17, 15) is 14.4 Å². The summed E-state index contributed by atoms with van der Waals surface area (Å²) in [5.41, 5.74) is 0.964. The molecule has 1 aliphatic rings. The van der Waals surface area contributed by atoms with Gasteiger partial charge in [-0.15, -0.1) is 0 Å². The molecule has 1 aromatic rings. The zero-order valence-corrected chi connectivity index (χ0v) is 15.1. The first-order valence-electron chi connectivity index (χ1n) is 8.90. The molecule has 0 aliphatic carbocycles. The van der Waals surface area contributed by atoms with E-state index in [4.69, 9.17) is 9.84 Å². The van der Waals surface area contributed by atoms with Crippen molar-refractivity contribution in [3.63, 3.8) is 0 Å². The fourth-order valence-electron chi connectivity index (χ4n) is 3.01. The molecular weight excluding hydrogens is 336 g/mol. The van der Waals surface area contributed by atoms with Gasteiger partial charge < -0.3 is 19.6 Å². The lowest BCUT2D eigenvalue weighted by molar-refractivity contribution is -0.146. The molecular formula is C19H26N2O5. The van der Waals surface area contributed by atoms with E-state index in [0.717, 1.165) is 5.56 Å². The van der Waals surface area contributed by atoms with Crippen molar-refractivity contribution in [3.8, 4) is 0 Å². The molecule has 1 heterocycles. The van der Waals surface area contributed by atoms with Gasteiger partial charge in [0.25, 0.3) is 0 Å². The second-order valence-electron chi connectivity index (χ2n) is 6.43. The van der Waals surface area contributed by atoms with Crippen molar-refractivity contribution in [2.45, 2.75) is 25.7 Å². The average Bonchev–Trinajstić information content (AvgIpc) is 2.67. The molecule has 1 N–H and O–H groups in total. The zero-order chi connectivity index (χ0) is 18.9. The fraction of sp³-hybridized carbons (Fsp3) is 0.526. The summed E-state index contributed by atoms with van der Waals surface area (Å²) < 4.78 is 5.34. The Hall–Kier alpha value is -2.41. The van der Waals surface area contributed by atoms with Crippen molar-refractivity contribution in [1.82, 2.24) is 9.80 Å². The summed E-state index contributed by atoms with van der Waals surface area (Å²) >= 11 is 0. The fourth-order valence-corrected chi connectivity index (χ4v) is 3.01. The molecule has 1 aliphatic heterocycles. The molecule has 0 aromatic heterocycles. The Balaban J connectivity index is 2.03. The Bertz CT molecular complexity index is 620. The molecule has 1 atom stereocenters. The number of ether oxygens (including phenoxy) is 1. The van der Waals surface area contributed by atoms with Crippen LogP contribution in [-0.4, -0.2) is 72.1 Å². The third-order valence-electron chi connectivity index (χ3n) is 4.46. The van der Waals surface area contributed by atoms with Crippen molar-refractivity contribution in [1.29, 1.82) is 0 Å². The monoisotopic (exact) mass is 362 g/mol. The highest BCUT2D eigenvalue weighted by Gasteiger charge is 2.23. The van der Waals surface area contributed by atoms with Crippen molar-refractivity contribution in [2.24, 2.45) is 0 Å². The zero-order valence-electron chi connectivity index (χ0n) is 15.1. The van der Waals surface area contributed by atoms with Gasteiger partial charge in [0.05, 0.1) is 5.92 Å². The molecule has 1 aromatic carbocycles. The molecule has 0 radical (unpaired) electrons. The normalized spacial score (nSPS) is 18.1. The van der Waals surface area contributed by atoms with E-state index < -0.39 is 5.97 Å². The highest BCUT2D eigenvalue weighted by molar-refractivity contribution is 5.83. The summed E-state index contributed by atoms with van der Waals surface area (Å²) in [5, 5.41) is 8.97. The van der Waals surface area contributed by atoms with Gasteiger partial charge in [0, 0.05) is 26.2 Å². The van der Waals surface area contributed by atoms with Gasteiger partial charge in [0.15, 0.2) is 0 Å². The van der Waals surface area contributed by atoms with E-state index in [2.05, 4.69) is 0 Å². The first-order valence-corrected chi connectivity index (χ1v) is 8.90.